The summed E-state index contributed by atoms with van der Waals surface area (Å²) in [5, 5.41) is 7.22. The second-order valence-corrected chi connectivity index (χ2v) is 9.94. The Kier molecular flexibility index (Phi) is 8.74. The van der Waals surface area contributed by atoms with Gasteiger partial charge >= 0.3 is 5.97 Å². The second kappa shape index (κ2) is 12.2. The Labute approximate surface area is 212 Å². The van der Waals surface area contributed by atoms with Gasteiger partial charge in [-0.1, -0.05) is 0 Å². The Bertz CT molecular complexity index is 974. The van der Waals surface area contributed by atoms with E-state index < -0.39 is 0 Å². The summed E-state index contributed by atoms with van der Waals surface area (Å²) < 4.78 is 11.6. The van der Waals surface area contributed by atoms with Gasteiger partial charge in [0.15, 0.2) is 5.11 Å². The van der Waals surface area contributed by atoms with Crippen molar-refractivity contribution >= 4 is 34.8 Å². The van der Waals surface area contributed by atoms with Crippen LogP contribution in [0.25, 0.3) is 0 Å². The summed E-state index contributed by atoms with van der Waals surface area (Å²) in [5.74, 6) is 1.69. The molecule has 0 spiro atoms. The molecule has 188 valence electrons. The van der Waals surface area contributed by atoms with Crippen molar-refractivity contribution in [3.8, 4) is 5.75 Å². The Hall–Kier alpha value is -2.94. The Morgan fingerprint density at radius 2 is 1.89 bits per heavy atom. The molecule has 0 amide bonds. The van der Waals surface area contributed by atoms with Gasteiger partial charge in [-0.15, -0.1) is 0 Å². The summed E-state index contributed by atoms with van der Waals surface area (Å²) in [6, 6.07) is 8.08. The molecule has 3 heterocycles. The van der Waals surface area contributed by atoms with Gasteiger partial charge in [-0.2, -0.15) is 0 Å². The first-order valence-corrected chi connectivity index (χ1v) is 12.9. The molecule has 2 N–H and O–H groups in total. The summed E-state index contributed by atoms with van der Waals surface area (Å²) >= 11 is 5.46. The summed E-state index contributed by atoms with van der Waals surface area (Å²) in [7, 11) is 0. The van der Waals surface area contributed by atoms with Crippen LogP contribution < -0.4 is 20.3 Å². The van der Waals surface area contributed by atoms with E-state index in [1.54, 1.807) is 12.4 Å². The van der Waals surface area contributed by atoms with E-state index in [0.29, 0.717) is 11.2 Å². The van der Waals surface area contributed by atoms with E-state index in [1.165, 1.54) is 0 Å². The molecule has 9 heteroatoms. The Morgan fingerprint density at radius 1 is 1.11 bits per heavy atom. The zero-order valence-electron chi connectivity index (χ0n) is 20.5. The molecule has 2 aromatic heterocycles. The van der Waals surface area contributed by atoms with Crippen LogP contribution in [0.1, 0.15) is 52.4 Å². The molecule has 1 aliphatic carbocycles. The van der Waals surface area contributed by atoms with E-state index in [0.717, 1.165) is 68.9 Å². The molecular formula is C26H35N5O3S. The molecule has 8 nitrogen and oxygen atoms in total. The zero-order chi connectivity index (χ0) is 24.6. The van der Waals surface area contributed by atoms with E-state index in [-0.39, 0.29) is 24.1 Å². The molecule has 1 saturated heterocycles. The van der Waals surface area contributed by atoms with E-state index in [2.05, 4.69) is 25.5 Å². The average Bonchev–Trinajstić information content (AvgIpc) is 2.85. The molecule has 0 aromatic carbocycles. The van der Waals surface area contributed by atoms with Crippen molar-refractivity contribution in [3.63, 3.8) is 0 Å². The smallest absolute Gasteiger partial charge is 0.309 e. The fourth-order valence-corrected chi connectivity index (χ4v) is 4.91. The minimum Gasteiger partial charge on any atom is -0.490 e. The molecule has 0 bridgehead atoms. The Morgan fingerprint density at radius 3 is 2.57 bits per heavy atom. The molecular weight excluding hydrogens is 462 g/mol. The first-order chi connectivity index (χ1) is 17.0. The first-order valence-electron chi connectivity index (χ1n) is 12.5. The lowest BCUT2D eigenvalue weighted by atomic mass is 9.87. The number of aromatic nitrogens is 2. The third-order valence-electron chi connectivity index (χ3n) is 6.45. The standard InChI is InChI=1S/C26H35N5O3S/c1-18(2)33-25(32)19-5-7-22(8-6-19)34-23-9-13-28-24(16-23)31-14-10-20(11-15-31)29-26(35)30-21-4-3-12-27-17-21/h3-4,9,12-13,16-20,22H,5-8,10-11,14-15H2,1-2H3,(H2,29,30,35). The molecule has 4 rings (SSSR count). The quantitative estimate of drug-likeness (QED) is 0.429. The minimum absolute atomic E-state index is 0.00685. The van der Waals surface area contributed by atoms with Crippen LogP contribution in [-0.4, -0.2) is 52.4 Å². The number of rotatable bonds is 7. The lowest BCUT2D eigenvalue weighted by Gasteiger charge is -2.34. The highest BCUT2D eigenvalue weighted by atomic mass is 32.1. The van der Waals surface area contributed by atoms with Crippen LogP contribution in [0.5, 0.6) is 5.75 Å². The lowest BCUT2D eigenvalue weighted by molar-refractivity contribution is -0.154. The van der Waals surface area contributed by atoms with Crippen LogP contribution in [0.15, 0.2) is 42.9 Å². The van der Waals surface area contributed by atoms with E-state index in [9.17, 15) is 4.79 Å². The van der Waals surface area contributed by atoms with Gasteiger partial charge in [-0.3, -0.25) is 9.78 Å². The summed E-state index contributed by atoms with van der Waals surface area (Å²) in [6.45, 7) is 5.57. The van der Waals surface area contributed by atoms with Crippen molar-refractivity contribution in [3.05, 3.63) is 42.9 Å². The predicted molar refractivity (Wildman–Crippen MR) is 141 cm³/mol. The minimum atomic E-state index is -0.0730. The van der Waals surface area contributed by atoms with Crippen molar-refractivity contribution in [2.45, 2.75) is 70.6 Å². The number of hydrogen-bond donors (Lipinski definition) is 2. The number of carbonyl (C=O) groups excluding carboxylic acids is 1. The number of anilines is 2. The third kappa shape index (κ3) is 7.52. The predicted octanol–water partition coefficient (Wildman–Crippen LogP) is 4.32. The van der Waals surface area contributed by atoms with Crippen molar-refractivity contribution in [2.24, 2.45) is 5.92 Å². The number of nitrogens with zero attached hydrogens (tertiary/aromatic N) is 3. The number of nitrogens with one attached hydrogen (secondary N) is 2. The monoisotopic (exact) mass is 497 g/mol. The number of carbonyl (C=O) groups is 1. The number of ether oxygens (including phenoxy) is 2. The maximum atomic E-state index is 12.2. The normalized spacial score (nSPS) is 20.8. The number of thiocarbonyl (C=S) groups is 1. The largest absolute Gasteiger partial charge is 0.490 e. The average molecular weight is 498 g/mol. The summed E-state index contributed by atoms with van der Waals surface area (Å²) in [5.41, 5.74) is 0.882. The van der Waals surface area contributed by atoms with E-state index >= 15 is 0 Å². The van der Waals surface area contributed by atoms with Gasteiger partial charge in [0.25, 0.3) is 0 Å². The molecule has 35 heavy (non-hydrogen) atoms. The summed E-state index contributed by atoms with van der Waals surface area (Å²) in [6.07, 6.45) is 10.7. The fraction of sp³-hybridized carbons (Fsp3) is 0.538. The molecule has 0 radical (unpaired) electrons. The number of hydrogen-bond acceptors (Lipinski definition) is 7. The molecule has 2 aromatic rings. The van der Waals surface area contributed by atoms with Crippen molar-refractivity contribution < 1.29 is 14.3 Å². The van der Waals surface area contributed by atoms with Crippen LogP contribution in [0.2, 0.25) is 0 Å². The molecule has 0 atom stereocenters. The first kappa shape index (κ1) is 25.2. The van der Waals surface area contributed by atoms with Gasteiger partial charge < -0.3 is 25.0 Å². The lowest BCUT2D eigenvalue weighted by Crippen LogP contribution is -2.46. The van der Waals surface area contributed by atoms with Gasteiger partial charge in [0, 0.05) is 37.6 Å². The Balaban J connectivity index is 1.22. The van der Waals surface area contributed by atoms with Gasteiger partial charge in [-0.25, -0.2) is 4.98 Å². The van der Waals surface area contributed by atoms with Gasteiger partial charge in [0.1, 0.15) is 11.6 Å². The number of esters is 1. The molecule has 1 saturated carbocycles. The maximum absolute atomic E-state index is 12.2. The number of pyridine rings is 2. The van der Waals surface area contributed by atoms with Gasteiger partial charge in [0.05, 0.1) is 30.0 Å². The number of piperidine rings is 1. The molecule has 1 aliphatic heterocycles. The van der Waals surface area contributed by atoms with Crippen molar-refractivity contribution in [2.75, 3.05) is 23.3 Å². The highest BCUT2D eigenvalue weighted by molar-refractivity contribution is 7.80. The van der Waals surface area contributed by atoms with E-state index in [1.807, 2.05) is 44.3 Å². The topological polar surface area (TPSA) is 88.6 Å². The van der Waals surface area contributed by atoms with Crippen LogP contribution in [0, 0.1) is 5.92 Å². The van der Waals surface area contributed by atoms with Gasteiger partial charge in [0.2, 0.25) is 0 Å². The van der Waals surface area contributed by atoms with Crippen molar-refractivity contribution in [1.29, 1.82) is 0 Å². The molecule has 0 unspecified atom stereocenters. The van der Waals surface area contributed by atoms with Crippen molar-refractivity contribution in [1.82, 2.24) is 15.3 Å². The summed E-state index contributed by atoms with van der Waals surface area (Å²) in [4.78, 5) is 23.1. The second-order valence-electron chi connectivity index (χ2n) is 9.53. The van der Waals surface area contributed by atoms with Crippen LogP contribution in [0.3, 0.4) is 0 Å². The zero-order valence-corrected chi connectivity index (χ0v) is 21.3. The highest BCUT2D eigenvalue weighted by Gasteiger charge is 2.29. The van der Waals surface area contributed by atoms with Crippen LogP contribution in [-0.2, 0) is 9.53 Å². The van der Waals surface area contributed by atoms with Gasteiger partial charge in [-0.05, 0) is 82.8 Å². The fourth-order valence-electron chi connectivity index (χ4n) is 4.63. The highest BCUT2D eigenvalue weighted by Crippen LogP contribution is 2.30. The maximum Gasteiger partial charge on any atom is 0.309 e. The molecule has 2 aliphatic rings. The van der Waals surface area contributed by atoms with E-state index in [4.69, 9.17) is 21.7 Å². The van der Waals surface area contributed by atoms with Crippen LogP contribution >= 0.6 is 12.2 Å². The SMILES string of the molecule is CC(C)OC(=O)C1CCC(Oc2ccnc(N3CCC(NC(=S)Nc4cccnc4)CC3)c2)CC1. The third-order valence-corrected chi connectivity index (χ3v) is 6.67. The van der Waals surface area contributed by atoms with Crippen LogP contribution in [0.4, 0.5) is 11.5 Å². The molecule has 2 fully saturated rings.